The predicted molar refractivity (Wildman–Crippen MR) is 82.8 cm³/mol. The molecule has 0 spiro atoms. The molecule has 2 aromatic rings. The summed E-state index contributed by atoms with van der Waals surface area (Å²) in [6, 6.07) is 3.68. The fourth-order valence-electron chi connectivity index (χ4n) is 2.97. The number of nitrogen functional groups attached to an aromatic ring is 1. The number of imidazole rings is 1. The molecule has 0 aliphatic carbocycles. The van der Waals surface area contributed by atoms with Gasteiger partial charge in [0.05, 0.1) is 11.0 Å². The molecular formula is C15H22FN5. The maximum absolute atomic E-state index is 13.7. The third-order valence-corrected chi connectivity index (χ3v) is 4.43. The van der Waals surface area contributed by atoms with E-state index in [2.05, 4.69) is 28.9 Å². The van der Waals surface area contributed by atoms with Crippen molar-refractivity contribution in [3.63, 3.8) is 0 Å². The normalized spacial score (nSPS) is 21.2. The highest BCUT2D eigenvalue weighted by Crippen LogP contribution is 2.23. The maximum Gasteiger partial charge on any atom is 0.201 e. The minimum absolute atomic E-state index is 0.235. The second-order valence-corrected chi connectivity index (χ2v) is 6.07. The lowest BCUT2D eigenvalue weighted by molar-refractivity contribution is 0.104. The number of nitrogens with zero attached hydrogens (tertiary/aromatic N) is 4. The van der Waals surface area contributed by atoms with Gasteiger partial charge in [0, 0.05) is 38.3 Å². The van der Waals surface area contributed by atoms with Crippen LogP contribution in [0, 0.1) is 12.7 Å². The number of aryl methyl sites for hydroxylation is 1. The maximum atomic E-state index is 13.7. The van der Waals surface area contributed by atoms with E-state index in [9.17, 15) is 4.39 Å². The van der Waals surface area contributed by atoms with Gasteiger partial charge in [-0.1, -0.05) is 0 Å². The first kappa shape index (κ1) is 14.3. The van der Waals surface area contributed by atoms with Gasteiger partial charge in [-0.25, -0.2) is 9.37 Å². The van der Waals surface area contributed by atoms with Crippen LogP contribution in [0.2, 0.25) is 0 Å². The zero-order valence-corrected chi connectivity index (χ0v) is 12.8. The number of hydrogen-bond acceptors (Lipinski definition) is 4. The molecule has 0 radical (unpaired) electrons. The van der Waals surface area contributed by atoms with Crippen molar-refractivity contribution in [3.05, 3.63) is 23.5 Å². The van der Waals surface area contributed by atoms with E-state index in [1.54, 1.807) is 6.92 Å². The molecule has 2 N–H and O–H groups in total. The lowest BCUT2D eigenvalue weighted by Gasteiger charge is -2.38. The van der Waals surface area contributed by atoms with Crippen LogP contribution in [0.3, 0.4) is 0 Å². The summed E-state index contributed by atoms with van der Waals surface area (Å²) >= 11 is 0. The molecule has 0 bridgehead atoms. The summed E-state index contributed by atoms with van der Waals surface area (Å²) in [5, 5.41) is 0. The molecule has 1 aliphatic heterocycles. The molecule has 1 aliphatic rings. The lowest BCUT2D eigenvalue weighted by Crippen LogP contribution is -2.51. The number of hydrogen-bond donors (Lipinski definition) is 1. The number of benzene rings is 1. The number of likely N-dealkylation sites (N-methyl/N-ethyl adjacent to an activating group) is 2. The summed E-state index contributed by atoms with van der Waals surface area (Å²) in [6.07, 6.45) is 0. The molecule has 2 heterocycles. The molecule has 114 valence electrons. The zero-order valence-electron chi connectivity index (χ0n) is 12.8. The minimum atomic E-state index is -0.235. The van der Waals surface area contributed by atoms with Crippen molar-refractivity contribution in [2.45, 2.75) is 19.5 Å². The minimum Gasteiger partial charge on any atom is -0.369 e. The number of piperazine rings is 1. The summed E-state index contributed by atoms with van der Waals surface area (Å²) in [5.74, 6) is 0.221. The highest BCUT2D eigenvalue weighted by molar-refractivity contribution is 5.79. The van der Waals surface area contributed by atoms with E-state index in [1.165, 1.54) is 6.07 Å². The number of anilines is 1. The molecule has 0 amide bonds. The Balaban J connectivity index is 1.96. The van der Waals surface area contributed by atoms with Crippen molar-refractivity contribution in [1.29, 1.82) is 0 Å². The number of halogens is 1. The van der Waals surface area contributed by atoms with Crippen molar-refractivity contribution in [2.75, 3.05) is 39.5 Å². The summed E-state index contributed by atoms with van der Waals surface area (Å²) in [5.41, 5.74) is 8.21. The van der Waals surface area contributed by atoms with E-state index in [0.29, 0.717) is 23.1 Å². The number of aromatic nitrogens is 2. The fraction of sp³-hybridized carbons (Fsp3) is 0.533. The van der Waals surface area contributed by atoms with E-state index < -0.39 is 0 Å². The van der Waals surface area contributed by atoms with Gasteiger partial charge in [-0.15, -0.1) is 0 Å². The molecule has 3 rings (SSSR count). The quantitative estimate of drug-likeness (QED) is 0.906. The van der Waals surface area contributed by atoms with E-state index in [1.807, 2.05) is 10.6 Å². The van der Waals surface area contributed by atoms with Gasteiger partial charge in [-0.05, 0) is 32.6 Å². The summed E-state index contributed by atoms with van der Waals surface area (Å²) in [4.78, 5) is 8.97. The first-order valence-corrected chi connectivity index (χ1v) is 7.26. The fourth-order valence-corrected chi connectivity index (χ4v) is 2.97. The number of fused-ring (bicyclic) bond motifs is 1. The Hall–Kier alpha value is -1.66. The van der Waals surface area contributed by atoms with E-state index in [0.717, 1.165) is 31.7 Å². The highest BCUT2D eigenvalue weighted by Gasteiger charge is 2.24. The molecular weight excluding hydrogens is 269 g/mol. The van der Waals surface area contributed by atoms with Crippen LogP contribution in [0.25, 0.3) is 11.0 Å². The Morgan fingerprint density at radius 2 is 2.10 bits per heavy atom. The summed E-state index contributed by atoms with van der Waals surface area (Å²) in [7, 11) is 4.27. The Labute approximate surface area is 124 Å². The third kappa shape index (κ3) is 2.61. The lowest BCUT2D eigenvalue weighted by atomic mass is 10.1. The Morgan fingerprint density at radius 1 is 1.33 bits per heavy atom. The van der Waals surface area contributed by atoms with Crippen LogP contribution in [0.5, 0.6) is 0 Å². The van der Waals surface area contributed by atoms with Crippen LogP contribution in [0.1, 0.15) is 5.56 Å². The van der Waals surface area contributed by atoms with E-state index >= 15 is 0 Å². The zero-order chi connectivity index (χ0) is 15.1. The largest absolute Gasteiger partial charge is 0.369 e. The van der Waals surface area contributed by atoms with Gasteiger partial charge in [0.1, 0.15) is 5.82 Å². The monoisotopic (exact) mass is 291 g/mol. The number of rotatable bonds is 2. The molecule has 1 atom stereocenters. The van der Waals surface area contributed by atoms with Crippen molar-refractivity contribution in [2.24, 2.45) is 0 Å². The molecule has 0 saturated carbocycles. The molecule has 5 nitrogen and oxygen atoms in total. The Morgan fingerprint density at radius 3 is 2.86 bits per heavy atom. The van der Waals surface area contributed by atoms with E-state index in [4.69, 9.17) is 5.73 Å². The van der Waals surface area contributed by atoms with Gasteiger partial charge in [0.25, 0.3) is 0 Å². The summed E-state index contributed by atoms with van der Waals surface area (Å²) < 4.78 is 15.7. The molecule has 6 heteroatoms. The van der Waals surface area contributed by atoms with E-state index in [-0.39, 0.29) is 5.82 Å². The smallest absolute Gasteiger partial charge is 0.201 e. The average molecular weight is 291 g/mol. The van der Waals surface area contributed by atoms with Crippen molar-refractivity contribution >= 4 is 17.0 Å². The van der Waals surface area contributed by atoms with Crippen LogP contribution in [0.15, 0.2) is 12.1 Å². The molecule has 1 aromatic heterocycles. The van der Waals surface area contributed by atoms with Crippen LogP contribution in [-0.2, 0) is 6.54 Å². The molecule has 1 unspecified atom stereocenters. The van der Waals surface area contributed by atoms with Gasteiger partial charge in [-0.2, -0.15) is 0 Å². The second-order valence-electron chi connectivity index (χ2n) is 6.07. The Kier molecular flexibility index (Phi) is 3.59. The number of nitrogens with two attached hydrogens (primary N) is 1. The second kappa shape index (κ2) is 5.27. The average Bonchev–Trinajstić information content (AvgIpc) is 2.71. The van der Waals surface area contributed by atoms with Crippen molar-refractivity contribution < 1.29 is 4.39 Å². The summed E-state index contributed by atoms with van der Waals surface area (Å²) in [6.45, 7) is 5.66. The topological polar surface area (TPSA) is 50.3 Å². The Bertz CT molecular complexity index is 666. The standard InChI is InChI=1S/C15H22FN5/c1-10-6-14-13(7-12(10)16)18-15(17)21(14)9-11-8-19(2)4-5-20(11)3/h6-7,11H,4-5,8-9H2,1-3H3,(H2,17,18). The predicted octanol–water partition coefficient (Wildman–Crippen LogP) is 1.31. The third-order valence-electron chi connectivity index (χ3n) is 4.43. The van der Waals surface area contributed by atoms with Crippen LogP contribution < -0.4 is 5.73 Å². The first-order chi connectivity index (χ1) is 9.95. The molecule has 1 saturated heterocycles. The van der Waals surface area contributed by atoms with Gasteiger partial charge < -0.3 is 15.2 Å². The van der Waals surface area contributed by atoms with Crippen LogP contribution in [-0.4, -0.2) is 59.1 Å². The molecule has 1 fully saturated rings. The molecule has 1 aromatic carbocycles. The van der Waals surface area contributed by atoms with Gasteiger partial charge in [-0.3, -0.25) is 4.90 Å². The van der Waals surface area contributed by atoms with Gasteiger partial charge in [0.15, 0.2) is 0 Å². The molecule has 21 heavy (non-hydrogen) atoms. The SMILES string of the molecule is Cc1cc2c(cc1F)nc(N)n2CC1CN(C)CCN1C. The van der Waals surface area contributed by atoms with Gasteiger partial charge >= 0.3 is 0 Å². The van der Waals surface area contributed by atoms with Crippen molar-refractivity contribution in [1.82, 2.24) is 19.4 Å². The highest BCUT2D eigenvalue weighted by atomic mass is 19.1. The van der Waals surface area contributed by atoms with Crippen LogP contribution in [0.4, 0.5) is 10.3 Å². The van der Waals surface area contributed by atoms with Crippen LogP contribution >= 0.6 is 0 Å². The van der Waals surface area contributed by atoms with Crippen molar-refractivity contribution in [3.8, 4) is 0 Å². The van der Waals surface area contributed by atoms with Gasteiger partial charge in [0.2, 0.25) is 5.95 Å². The first-order valence-electron chi connectivity index (χ1n) is 7.26.